The van der Waals surface area contributed by atoms with Crippen LogP contribution in [-0.2, 0) is 17.6 Å². The third-order valence-corrected chi connectivity index (χ3v) is 3.60. The molecule has 4 nitrogen and oxygen atoms in total. The van der Waals surface area contributed by atoms with E-state index in [-0.39, 0.29) is 6.42 Å². The lowest BCUT2D eigenvalue weighted by Gasteiger charge is -2.09. The summed E-state index contributed by atoms with van der Waals surface area (Å²) in [6, 6.07) is 7.99. The zero-order valence-corrected chi connectivity index (χ0v) is 12.9. The molecule has 1 aromatic carbocycles. The quantitative estimate of drug-likeness (QED) is 0.933. The lowest BCUT2D eigenvalue weighted by molar-refractivity contribution is -0.136. The van der Waals surface area contributed by atoms with E-state index in [0.29, 0.717) is 12.0 Å². The summed E-state index contributed by atoms with van der Waals surface area (Å²) < 4.78 is 1.03. The summed E-state index contributed by atoms with van der Waals surface area (Å²) in [5.74, 6) is -0.142. The molecule has 0 amide bonds. The fraction of sp³-hybridized carbons (Fsp3) is 0.267. The summed E-state index contributed by atoms with van der Waals surface area (Å²) in [5.41, 5.74) is 3.31. The normalized spacial score (nSPS) is 10.6. The Bertz CT molecular complexity index is 616. The van der Waals surface area contributed by atoms with E-state index in [9.17, 15) is 4.79 Å². The van der Waals surface area contributed by atoms with E-state index in [0.717, 1.165) is 27.2 Å². The molecule has 0 bridgehead atoms. The minimum absolute atomic E-state index is 0.0315. The van der Waals surface area contributed by atoms with Crippen LogP contribution in [0.3, 0.4) is 0 Å². The van der Waals surface area contributed by atoms with Crippen LogP contribution in [0.15, 0.2) is 28.7 Å². The van der Waals surface area contributed by atoms with E-state index in [1.165, 1.54) is 0 Å². The van der Waals surface area contributed by atoms with Crippen LogP contribution in [0.5, 0.6) is 0 Å². The molecule has 0 aliphatic heterocycles. The van der Waals surface area contributed by atoms with Gasteiger partial charge in [0, 0.05) is 27.8 Å². The average Bonchev–Trinajstić information content (AvgIpc) is 2.36. The van der Waals surface area contributed by atoms with E-state index in [4.69, 9.17) is 5.11 Å². The van der Waals surface area contributed by atoms with E-state index < -0.39 is 5.97 Å². The highest BCUT2D eigenvalue weighted by Gasteiger charge is 2.12. The third kappa shape index (κ3) is 3.63. The fourth-order valence-electron chi connectivity index (χ4n) is 2.08. The predicted molar refractivity (Wildman–Crippen MR) is 79.8 cm³/mol. The van der Waals surface area contributed by atoms with Gasteiger partial charge in [0.05, 0.1) is 6.42 Å². The number of carboxylic acids is 1. The van der Waals surface area contributed by atoms with Crippen LogP contribution in [0, 0.1) is 13.8 Å². The van der Waals surface area contributed by atoms with Crippen molar-refractivity contribution in [3.8, 4) is 0 Å². The number of hydrogen-bond donors (Lipinski definition) is 1. The van der Waals surface area contributed by atoms with Crippen LogP contribution in [0.25, 0.3) is 0 Å². The molecule has 0 aliphatic rings. The average molecular weight is 335 g/mol. The molecule has 0 atom stereocenters. The standard InChI is InChI=1S/C15H15BrN2O2/c1-9-13(8-15(19)20)10(2)18-14(17-9)7-11-3-5-12(16)6-4-11/h3-6H,7-8H2,1-2H3,(H,19,20). The molecule has 0 radical (unpaired) electrons. The summed E-state index contributed by atoms with van der Waals surface area (Å²) in [5, 5.41) is 8.89. The second-order valence-electron chi connectivity index (χ2n) is 4.66. The first-order chi connectivity index (χ1) is 9.45. The molecule has 0 unspecified atom stereocenters. The van der Waals surface area contributed by atoms with Crippen LogP contribution in [0.4, 0.5) is 0 Å². The molecule has 2 aromatic rings. The van der Waals surface area contributed by atoms with Gasteiger partial charge in [0.25, 0.3) is 0 Å². The predicted octanol–water partition coefficient (Wildman–Crippen LogP) is 3.07. The Labute approximate surface area is 126 Å². The first kappa shape index (κ1) is 14.7. The molecular formula is C15H15BrN2O2. The van der Waals surface area contributed by atoms with Crippen molar-refractivity contribution in [2.45, 2.75) is 26.7 Å². The van der Waals surface area contributed by atoms with Gasteiger partial charge in [-0.2, -0.15) is 0 Å². The minimum atomic E-state index is -0.861. The Morgan fingerprint density at radius 1 is 1.15 bits per heavy atom. The third-order valence-electron chi connectivity index (χ3n) is 3.07. The lowest BCUT2D eigenvalue weighted by atomic mass is 10.1. The maximum absolute atomic E-state index is 10.8. The fourth-order valence-corrected chi connectivity index (χ4v) is 2.34. The minimum Gasteiger partial charge on any atom is -0.481 e. The smallest absolute Gasteiger partial charge is 0.307 e. The highest BCUT2D eigenvalue weighted by Crippen LogP contribution is 2.15. The lowest BCUT2D eigenvalue weighted by Crippen LogP contribution is -2.10. The van der Waals surface area contributed by atoms with Crippen molar-refractivity contribution in [2.24, 2.45) is 0 Å². The summed E-state index contributed by atoms with van der Waals surface area (Å²) in [7, 11) is 0. The van der Waals surface area contributed by atoms with Crippen molar-refractivity contribution in [3.05, 3.63) is 57.1 Å². The van der Waals surface area contributed by atoms with E-state index >= 15 is 0 Å². The summed E-state index contributed by atoms with van der Waals surface area (Å²) in [6.07, 6.45) is 0.610. The molecule has 0 spiro atoms. The number of halogens is 1. The Morgan fingerprint density at radius 2 is 1.70 bits per heavy atom. The first-order valence-corrected chi connectivity index (χ1v) is 7.04. The molecule has 0 fully saturated rings. The first-order valence-electron chi connectivity index (χ1n) is 6.25. The molecule has 2 rings (SSSR count). The zero-order chi connectivity index (χ0) is 14.7. The SMILES string of the molecule is Cc1nc(Cc2ccc(Br)cc2)nc(C)c1CC(=O)O. The van der Waals surface area contributed by atoms with E-state index in [1.54, 1.807) is 0 Å². The number of rotatable bonds is 4. The van der Waals surface area contributed by atoms with Gasteiger partial charge in [-0.15, -0.1) is 0 Å². The monoisotopic (exact) mass is 334 g/mol. The summed E-state index contributed by atoms with van der Waals surface area (Å²) >= 11 is 3.40. The number of aliphatic carboxylic acids is 1. The largest absolute Gasteiger partial charge is 0.481 e. The highest BCUT2D eigenvalue weighted by molar-refractivity contribution is 9.10. The van der Waals surface area contributed by atoms with Crippen molar-refractivity contribution < 1.29 is 9.90 Å². The summed E-state index contributed by atoms with van der Waals surface area (Å²) in [6.45, 7) is 3.66. The van der Waals surface area contributed by atoms with Gasteiger partial charge in [0.2, 0.25) is 0 Å². The van der Waals surface area contributed by atoms with Crippen LogP contribution < -0.4 is 0 Å². The van der Waals surface area contributed by atoms with Crippen LogP contribution in [0.2, 0.25) is 0 Å². The number of nitrogens with zero attached hydrogens (tertiary/aromatic N) is 2. The van der Waals surface area contributed by atoms with Gasteiger partial charge in [0.15, 0.2) is 0 Å². The van der Waals surface area contributed by atoms with E-state index in [1.807, 2.05) is 38.1 Å². The Balaban J connectivity index is 2.26. The van der Waals surface area contributed by atoms with E-state index in [2.05, 4.69) is 25.9 Å². The van der Waals surface area contributed by atoms with Crippen molar-refractivity contribution in [1.29, 1.82) is 0 Å². The van der Waals surface area contributed by atoms with Gasteiger partial charge < -0.3 is 5.11 Å². The molecule has 0 saturated heterocycles. The molecule has 5 heteroatoms. The molecule has 104 valence electrons. The number of aryl methyl sites for hydroxylation is 2. The molecule has 1 heterocycles. The van der Waals surface area contributed by atoms with Crippen molar-refractivity contribution >= 4 is 21.9 Å². The Hall–Kier alpha value is -1.75. The number of carboxylic acid groups (broad SMARTS) is 1. The Morgan fingerprint density at radius 3 is 2.20 bits per heavy atom. The summed E-state index contributed by atoms with van der Waals surface area (Å²) in [4.78, 5) is 19.7. The molecule has 1 N–H and O–H groups in total. The number of aromatic nitrogens is 2. The maximum atomic E-state index is 10.8. The highest BCUT2D eigenvalue weighted by atomic mass is 79.9. The van der Waals surface area contributed by atoms with Crippen LogP contribution in [0.1, 0.15) is 28.3 Å². The molecule has 20 heavy (non-hydrogen) atoms. The topological polar surface area (TPSA) is 63.1 Å². The van der Waals surface area contributed by atoms with Crippen molar-refractivity contribution in [2.75, 3.05) is 0 Å². The van der Waals surface area contributed by atoms with Crippen LogP contribution >= 0.6 is 15.9 Å². The number of hydrogen-bond acceptors (Lipinski definition) is 3. The second kappa shape index (κ2) is 6.13. The van der Waals surface area contributed by atoms with Gasteiger partial charge in [-0.3, -0.25) is 4.79 Å². The molecule has 0 saturated carbocycles. The van der Waals surface area contributed by atoms with Gasteiger partial charge in [-0.05, 0) is 31.5 Å². The maximum Gasteiger partial charge on any atom is 0.307 e. The molecule has 0 aliphatic carbocycles. The van der Waals surface area contributed by atoms with Gasteiger partial charge in [0.1, 0.15) is 5.82 Å². The second-order valence-corrected chi connectivity index (χ2v) is 5.58. The number of benzene rings is 1. The van der Waals surface area contributed by atoms with Gasteiger partial charge >= 0.3 is 5.97 Å². The van der Waals surface area contributed by atoms with Crippen molar-refractivity contribution in [3.63, 3.8) is 0 Å². The number of carbonyl (C=O) groups is 1. The molecular weight excluding hydrogens is 320 g/mol. The zero-order valence-electron chi connectivity index (χ0n) is 11.4. The van der Waals surface area contributed by atoms with Gasteiger partial charge in [-0.1, -0.05) is 28.1 Å². The Kier molecular flexibility index (Phi) is 4.49. The molecule has 1 aromatic heterocycles. The van der Waals surface area contributed by atoms with Gasteiger partial charge in [-0.25, -0.2) is 9.97 Å². The van der Waals surface area contributed by atoms with Crippen molar-refractivity contribution in [1.82, 2.24) is 9.97 Å². The van der Waals surface area contributed by atoms with Crippen LogP contribution in [-0.4, -0.2) is 21.0 Å².